The Hall–Kier alpha value is -3.45. The summed E-state index contributed by atoms with van der Waals surface area (Å²) in [6.45, 7) is 10.8. The Kier molecular flexibility index (Phi) is 5.29. The second-order valence-electron chi connectivity index (χ2n) is 9.59. The third-order valence-electron chi connectivity index (χ3n) is 6.20. The lowest BCUT2D eigenvalue weighted by Crippen LogP contribution is -2.23. The number of hydrogen-bond donors (Lipinski definition) is 2. The number of nitrogens with zero attached hydrogens (tertiary/aromatic N) is 4. The van der Waals surface area contributed by atoms with E-state index in [0.29, 0.717) is 17.7 Å². The van der Waals surface area contributed by atoms with E-state index in [9.17, 15) is 4.79 Å². The Morgan fingerprint density at radius 3 is 2.76 bits per heavy atom. The molecule has 0 spiro atoms. The fourth-order valence-corrected chi connectivity index (χ4v) is 4.41. The topological polar surface area (TPSA) is 76.8 Å². The van der Waals surface area contributed by atoms with Crippen molar-refractivity contribution in [2.75, 3.05) is 11.9 Å². The molecule has 0 atom stereocenters. The van der Waals surface area contributed by atoms with Crippen LogP contribution in [0.1, 0.15) is 44.5 Å². The summed E-state index contributed by atoms with van der Waals surface area (Å²) in [4.78, 5) is 22.6. The van der Waals surface area contributed by atoms with E-state index in [-0.39, 0.29) is 11.0 Å². The maximum atomic E-state index is 13.1. The van der Waals surface area contributed by atoms with Gasteiger partial charge in [-0.05, 0) is 55.3 Å². The minimum atomic E-state index is -0.0914. The summed E-state index contributed by atoms with van der Waals surface area (Å²) in [5.74, 6) is 1.42. The van der Waals surface area contributed by atoms with Crippen LogP contribution in [0, 0.1) is 0 Å². The van der Waals surface area contributed by atoms with Crippen LogP contribution < -0.4 is 16.2 Å². The molecule has 1 aromatic carbocycles. The normalized spacial score (nSPS) is 13.8. The predicted octanol–water partition coefficient (Wildman–Crippen LogP) is 4.29. The Morgan fingerprint density at radius 1 is 1.12 bits per heavy atom. The first-order valence-electron chi connectivity index (χ1n) is 11.5. The minimum Gasteiger partial charge on any atom is -0.340 e. The third-order valence-corrected chi connectivity index (χ3v) is 6.20. The molecular weight excluding hydrogens is 412 g/mol. The predicted molar refractivity (Wildman–Crippen MR) is 133 cm³/mol. The van der Waals surface area contributed by atoms with Crippen LogP contribution in [0.25, 0.3) is 16.7 Å². The van der Waals surface area contributed by atoms with Gasteiger partial charge in [-0.15, -0.1) is 0 Å². The lowest BCUT2D eigenvalue weighted by Gasteiger charge is -2.19. The molecule has 33 heavy (non-hydrogen) atoms. The molecule has 7 heteroatoms. The third kappa shape index (κ3) is 3.93. The molecular formula is C26H30N6O. The van der Waals surface area contributed by atoms with E-state index in [4.69, 9.17) is 4.98 Å². The summed E-state index contributed by atoms with van der Waals surface area (Å²) >= 11 is 0. The summed E-state index contributed by atoms with van der Waals surface area (Å²) in [5.41, 5.74) is 5.30. The average molecular weight is 443 g/mol. The first kappa shape index (κ1) is 21.4. The number of nitrogens with one attached hydrogen (secondary N) is 2. The maximum Gasteiger partial charge on any atom is 0.276 e. The molecule has 0 radical (unpaired) electrons. The number of hydrogen-bond acceptors (Lipinski definition) is 5. The molecule has 2 N–H and O–H groups in total. The molecule has 170 valence electrons. The van der Waals surface area contributed by atoms with Crippen LogP contribution in [0.4, 0.5) is 11.5 Å². The van der Waals surface area contributed by atoms with Crippen LogP contribution in [0.5, 0.6) is 0 Å². The fraction of sp³-hybridized carbons (Fsp3) is 0.346. The van der Waals surface area contributed by atoms with E-state index in [1.54, 1.807) is 10.9 Å². The lowest BCUT2D eigenvalue weighted by atomic mass is 9.92. The number of pyridine rings is 2. The Morgan fingerprint density at radius 2 is 1.97 bits per heavy atom. The van der Waals surface area contributed by atoms with Crippen LogP contribution >= 0.6 is 0 Å². The molecule has 4 aromatic rings. The summed E-state index contributed by atoms with van der Waals surface area (Å²) < 4.78 is 3.63. The Balaban J connectivity index is 1.60. The van der Waals surface area contributed by atoms with E-state index < -0.39 is 0 Å². The van der Waals surface area contributed by atoms with Gasteiger partial charge in [0.1, 0.15) is 5.82 Å². The van der Waals surface area contributed by atoms with Crippen molar-refractivity contribution in [1.82, 2.24) is 24.6 Å². The van der Waals surface area contributed by atoms with Crippen molar-refractivity contribution in [1.29, 1.82) is 0 Å². The highest BCUT2D eigenvalue weighted by Gasteiger charge is 2.20. The van der Waals surface area contributed by atoms with E-state index in [2.05, 4.69) is 54.6 Å². The molecule has 0 fully saturated rings. The molecule has 1 aliphatic rings. The molecule has 0 bridgehead atoms. The van der Waals surface area contributed by atoms with E-state index in [0.717, 1.165) is 42.2 Å². The standard InChI is InChI=1S/C26H30N6O/c1-5-31-25(33)20-16-28-23(29-19-10-9-17-11-12-27-15-18(17)13-19)14-21(20)32(31)24-8-6-7-22(30-24)26(2,3)4/h6-10,13-14,16,27H,5,11-12,15H2,1-4H3,(H,28,29). The van der Waals surface area contributed by atoms with E-state index in [1.807, 2.05) is 35.9 Å². The lowest BCUT2D eigenvalue weighted by molar-refractivity contribution is 0.546. The SMILES string of the molecule is CCn1c(=O)c2cnc(Nc3ccc4c(c3)CNCC4)cc2n1-c1cccc(C(C)(C)C)n1. The number of fused-ring (bicyclic) bond motifs is 2. The zero-order valence-corrected chi connectivity index (χ0v) is 19.6. The van der Waals surface area contributed by atoms with Crippen molar-refractivity contribution < 1.29 is 0 Å². The maximum absolute atomic E-state index is 13.1. The molecule has 1 aliphatic heterocycles. The summed E-state index contributed by atoms with van der Waals surface area (Å²) in [7, 11) is 0. The van der Waals surface area contributed by atoms with Gasteiger partial charge in [0.25, 0.3) is 5.56 Å². The van der Waals surface area contributed by atoms with Crippen LogP contribution in [0.3, 0.4) is 0 Å². The van der Waals surface area contributed by atoms with Gasteiger partial charge in [-0.2, -0.15) is 0 Å². The first-order chi connectivity index (χ1) is 15.8. The highest BCUT2D eigenvalue weighted by atomic mass is 16.1. The van der Waals surface area contributed by atoms with Gasteiger partial charge in [-0.3, -0.25) is 4.79 Å². The summed E-state index contributed by atoms with van der Waals surface area (Å²) in [6, 6.07) is 14.4. The number of aromatic nitrogens is 4. The monoisotopic (exact) mass is 442 g/mol. The van der Waals surface area contributed by atoms with Crippen molar-refractivity contribution in [3.8, 4) is 5.82 Å². The quantitative estimate of drug-likeness (QED) is 0.493. The average Bonchev–Trinajstić information content (AvgIpc) is 3.09. The van der Waals surface area contributed by atoms with Crippen LogP contribution in [0.2, 0.25) is 0 Å². The number of anilines is 2. The van der Waals surface area contributed by atoms with Gasteiger partial charge >= 0.3 is 0 Å². The van der Waals surface area contributed by atoms with Crippen molar-refractivity contribution in [3.05, 3.63) is 75.8 Å². The highest BCUT2D eigenvalue weighted by molar-refractivity contribution is 5.82. The molecule has 4 heterocycles. The van der Waals surface area contributed by atoms with Crippen LogP contribution in [-0.4, -0.2) is 25.9 Å². The van der Waals surface area contributed by atoms with Crippen molar-refractivity contribution in [2.24, 2.45) is 0 Å². The Bertz CT molecular complexity index is 1390. The van der Waals surface area contributed by atoms with Gasteiger partial charge in [0.2, 0.25) is 0 Å². The largest absolute Gasteiger partial charge is 0.340 e. The molecule has 0 unspecified atom stereocenters. The number of rotatable bonds is 4. The Labute approximate surface area is 193 Å². The first-order valence-corrected chi connectivity index (χ1v) is 11.5. The van der Waals surface area contributed by atoms with Gasteiger partial charge in [0, 0.05) is 42.1 Å². The van der Waals surface area contributed by atoms with Gasteiger partial charge in [-0.25, -0.2) is 19.3 Å². The highest BCUT2D eigenvalue weighted by Crippen LogP contribution is 2.26. The second-order valence-corrected chi connectivity index (χ2v) is 9.59. The molecule has 5 rings (SSSR count). The molecule has 0 saturated heterocycles. The molecule has 3 aromatic heterocycles. The van der Waals surface area contributed by atoms with Gasteiger partial charge in [0.15, 0.2) is 5.82 Å². The van der Waals surface area contributed by atoms with Crippen molar-refractivity contribution in [3.63, 3.8) is 0 Å². The van der Waals surface area contributed by atoms with Gasteiger partial charge in [0.05, 0.1) is 10.9 Å². The summed E-state index contributed by atoms with van der Waals surface area (Å²) in [5, 5.41) is 7.43. The van der Waals surface area contributed by atoms with Crippen LogP contribution in [-0.2, 0) is 24.9 Å². The number of benzene rings is 1. The van der Waals surface area contributed by atoms with Crippen LogP contribution in [0.15, 0.2) is 53.5 Å². The van der Waals surface area contributed by atoms with E-state index >= 15 is 0 Å². The fourth-order valence-electron chi connectivity index (χ4n) is 4.41. The van der Waals surface area contributed by atoms with Gasteiger partial charge < -0.3 is 10.6 Å². The molecule has 0 amide bonds. The minimum absolute atomic E-state index is 0.0608. The van der Waals surface area contributed by atoms with E-state index in [1.165, 1.54) is 11.1 Å². The second kappa shape index (κ2) is 8.15. The zero-order valence-electron chi connectivity index (χ0n) is 19.6. The zero-order chi connectivity index (χ0) is 23.2. The smallest absolute Gasteiger partial charge is 0.276 e. The van der Waals surface area contributed by atoms with Crippen molar-refractivity contribution >= 4 is 22.4 Å². The molecule has 7 nitrogen and oxygen atoms in total. The molecule has 0 saturated carbocycles. The summed E-state index contributed by atoms with van der Waals surface area (Å²) in [6.07, 6.45) is 2.72. The molecule has 0 aliphatic carbocycles. The van der Waals surface area contributed by atoms with Gasteiger partial charge in [-0.1, -0.05) is 32.9 Å². The van der Waals surface area contributed by atoms with Crippen molar-refractivity contribution in [2.45, 2.75) is 52.6 Å².